The van der Waals surface area contributed by atoms with E-state index in [-0.39, 0.29) is 17.7 Å². The fraction of sp³-hybridized carbons (Fsp3) is 0.241. The molecule has 0 aliphatic carbocycles. The minimum Gasteiger partial charge on any atom is -0.493 e. The van der Waals surface area contributed by atoms with Gasteiger partial charge in [0.1, 0.15) is 19.0 Å². The molecule has 0 saturated carbocycles. The summed E-state index contributed by atoms with van der Waals surface area (Å²) in [5.74, 6) is 1.62. The van der Waals surface area contributed by atoms with Crippen LogP contribution >= 0.6 is 0 Å². The molecule has 7 heteroatoms. The molecule has 0 spiro atoms. The fourth-order valence-corrected chi connectivity index (χ4v) is 3.74. The Balaban J connectivity index is 1.19. The first-order valence-corrected chi connectivity index (χ1v) is 11.9. The van der Waals surface area contributed by atoms with Crippen molar-refractivity contribution < 1.29 is 23.8 Å². The number of amides is 2. The van der Waals surface area contributed by atoms with Crippen LogP contribution in [0.1, 0.15) is 11.1 Å². The van der Waals surface area contributed by atoms with Crippen molar-refractivity contribution in [1.29, 1.82) is 0 Å². The summed E-state index contributed by atoms with van der Waals surface area (Å²) in [5, 5.41) is 2.87. The molecule has 3 aromatic rings. The van der Waals surface area contributed by atoms with E-state index in [0.29, 0.717) is 44.3 Å². The Morgan fingerprint density at radius 1 is 0.944 bits per heavy atom. The molecule has 2 amide bonds. The molecule has 0 bridgehead atoms. The van der Waals surface area contributed by atoms with E-state index >= 15 is 0 Å². The molecule has 3 aromatic carbocycles. The van der Waals surface area contributed by atoms with E-state index in [0.717, 1.165) is 16.9 Å². The molecule has 7 nitrogen and oxygen atoms in total. The molecule has 4 rings (SSSR count). The molecule has 1 fully saturated rings. The van der Waals surface area contributed by atoms with Gasteiger partial charge in [0, 0.05) is 19.2 Å². The van der Waals surface area contributed by atoms with E-state index < -0.39 is 0 Å². The lowest BCUT2D eigenvalue weighted by molar-refractivity contribution is -0.139. The van der Waals surface area contributed by atoms with Crippen LogP contribution in [0.15, 0.2) is 84.9 Å². The molecule has 36 heavy (non-hydrogen) atoms. The predicted octanol–water partition coefficient (Wildman–Crippen LogP) is 3.94. The molecule has 1 aliphatic rings. The maximum atomic E-state index is 12.5. The topological polar surface area (TPSA) is 77.1 Å². The fourth-order valence-electron chi connectivity index (χ4n) is 3.74. The van der Waals surface area contributed by atoms with Crippen molar-refractivity contribution in [2.45, 2.75) is 6.61 Å². The van der Waals surface area contributed by atoms with Crippen LogP contribution in [0.3, 0.4) is 0 Å². The van der Waals surface area contributed by atoms with E-state index in [1.54, 1.807) is 18.1 Å². The number of nitrogens with one attached hydrogen (secondary N) is 1. The molecular weight excluding hydrogens is 456 g/mol. The van der Waals surface area contributed by atoms with Gasteiger partial charge in [-0.15, -0.1) is 0 Å². The van der Waals surface area contributed by atoms with Gasteiger partial charge in [0.2, 0.25) is 11.8 Å². The van der Waals surface area contributed by atoms with E-state index in [9.17, 15) is 9.59 Å². The number of rotatable bonds is 11. The molecule has 1 N–H and O–H groups in total. The highest BCUT2D eigenvalue weighted by Gasteiger charge is 2.34. The summed E-state index contributed by atoms with van der Waals surface area (Å²) < 4.78 is 16.9. The molecule has 0 radical (unpaired) electrons. The molecule has 1 saturated heterocycles. The van der Waals surface area contributed by atoms with Crippen molar-refractivity contribution >= 4 is 17.9 Å². The number of methoxy groups -OCH3 is 1. The van der Waals surface area contributed by atoms with E-state index in [1.807, 2.05) is 78.9 Å². The van der Waals surface area contributed by atoms with Gasteiger partial charge >= 0.3 is 0 Å². The predicted molar refractivity (Wildman–Crippen MR) is 138 cm³/mol. The quantitative estimate of drug-likeness (QED) is 0.328. The Hall–Kier alpha value is -4.26. The third-order valence-corrected chi connectivity index (χ3v) is 5.82. The van der Waals surface area contributed by atoms with Gasteiger partial charge in [-0.2, -0.15) is 0 Å². The molecule has 0 unspecified atom stereocenters. The second-order valence-electron chi connectivity index (χ2n) is 8.41. The van der Waals surface area contributed by atoms with Crippen LogP contribution < -0.4 is 19.5 Å². The summed E-state index contributed by atoms with van der Waals surface area (Å²) in [4.78, 5) is 26.4. The molecule has 1 aliphatic heterocycles. The van der Waals surface area contributed by atoms with Crippen LogP contribution in [-0.4, -0.2) is 50.1 Å². The number of carbonyl (C=O) groups is 2. The standard InChI is InChI=1S/C29H30N2O5/c1-34-27-18-22(12-14-26(27)36-21-23-8-4-2-5-9-23)13-15-28(32)31-19-24(20-31)29(33)30-16-17-35-25-10-6-3-7-11-25/h2-15,18,24H,16-17,19-21H2,1H3,(H,30,33)/b15-13+. The lowest BCUT2D eigenvalue weighted by Crippen LogP contribution is -2.55. The number of benzene rings is 3. The van der Waals surface area contributed by atoms with Crippen molar-refractivity contribution in [3.63, 3.8) is 0 Å². The minimum atomic E-state index is -0.194. The number of hydrogen-bond acceptors (Lipinski definition) is 5. The number of hydrogen-bond donors (Lipinski definition) is 1. The second-order valence-corrected chi connectivity index (χ2v) is 8.41. The Morgan fingerprint density at radius 3 is 2.39 bits per heavy atom. The highest BCUT2D eigenvalue weighted by Crippen LogP contribution is 2.29. The molecule has 0 aromatic heterocycles. The number of para-hydroxylation sites is 1. The summed E-state index contributed by atoms with van der Waals surface area (Å²) >= 11 is 0. The van der Waals surface area contributed by atoms with Crippen molar-refractivity contribution in [3.05, 3.63) is 96.1 Å². The summed E-state index contributed by atoms with van der Waals surface area (Å²) in [6.45, 7) is 2.07. The zero-order valence-electron chi connectivity index (χ0n) is 20.3. The highest BCUT2D eigenvalue weighted by molar-refractivity contribution is 5.94. The van der Waals surface area contributed by atoms with Gasteiger partial charge < -0.3 is 24.4 Å². The zero-order valence-corrected chi connectivity index (χ0v) is 20.3. The molecule has 0 atom stereocenters. The van der Waals surface area contributed by atoms with Crippen LogP contribution in [0.2, 0.25) is 0 Å². The van der Waals surface area contributed by atoms with Crippen LogP contribution in [0.4, 0.5) is 0 Å². The minimum absolute atomic E-state index is 0.0597. The summed E-state index contributed by atoms with van der Waals surface area (Å²) in [6.07, 6.45) is 3.25. The third kappa shape index (κ3) is 6.88. The third-order valence-electron chi connectivity index (χ3n) is 5.82. The largest absolute Gasteiger partial charge is 0.493 e. The maximum Gasteiger partial charge on any atom is 0.246 e. The molecular formula is C29H30N2O5. The van der Waals surface area contributed by atoms with Gasteiger partial charge in [-0.05, 0) is 41.5 Å². The average Bonchev–Trinajstić information content (AvgIpc) is 2.89. The van der Waals surface area contributed by atoms with Gasteiger partial charge in [-0.3, -0.25) is 9.59 Å². The van der Waals surface area contributed by atoms with Crippen LogP contribution in [0.25, 0.3) is 6.08 Å². The average molecular weight is 487 g/mol. The summed E-state index contributed by atoms with van der Waals surface area (Å²) in [6, 6.07) is 24.9. The zero-order chi connectivity index (χ0) is 25.2. The Kier molecular flexibility index (Phi) is 8.59. The van der Waals surface area contributed by atoms with E-state index in [4.69, 9.17) is 14.2 Å². The Morgan fingerprint density at radius 2 is 1.67 bits per heavy atom. The number of ether oxygens (including phenoxy) is 3. The number of nitrogens with zero attached hydrogens (tertiary/aromatic N) is 1. The van der Waals surface area contributed by atoms with Gasteiger partial charge in [-0.1, -0.05) is 54.6 Å². The van der Waals surface area contributed by atoms with Crippen LogP contribution in [-0.2, 0) is 16.2 Å². The Bertz CT molecular complexity index is 1170. The molecule has 186 valence electrons. The first-order valence-electron chi connectivity index (χ1n) is 11.9. The smallest absolute Gasteiger partial charge is 0.246 e. The van der Waals surface area contributed by atoms with E-state index in [1.165, 1.54) is 6.08 Å². The highest BCUT2D eigenvalue weighted by atomic mass is 16.5. The first kappa shape index (κ1) is 24.9. The van der Waals surface area contributed by atoms with Crippen LogP contribution in [0, 0.1) is 5.92 Å². The van der Waals surface area contributed by atoms with Crippen molar-refractivity contribution in [3.8, 4) is 17.2 Å². The van der Waals surface area contributed by atoms with Gasteiger partial charge in [0.15, 0.2) is 11.5 Å². The monoisotopic (exact) mass is 486 g/mol. The lowest BCUT2D eigenvalue weighted by atomic mass is 9.99. The van der Waals surface area contributed by atoms with Crippen molar-refractivity contribution in [1.82, 2.24) is 10.2 Å². The summed E-state index contributed by atoms with van der Waals surface area (Å²) in [5.41, 5.74) is 1.89. The van der Waals surface area contributed by atoms with Gasteiger partial charge in [-0.25, -0.2) is 0 Å². The summed E-state index contributed by atoms with van der Waals surface area (Å²) in [7, 11) is 1.59. The van der Waals surface area contributed by atoms with Gasteiger partial charge in [0.25, 0.3) is 0 Å². The molecule has 1 heterocycles. The second kappa shape index (κ2) is 12.4. The van der Waals surface area contributed by atoms with Crippen LogP contribution in [0.5, 0.6) is 17.2 Å². The Labute approximate surface area is 211 Å². The number of likely N-dealkylation sites (tertiary alicyclic amines) is 1. The van der Waals surface area contributed by atoms with Crippen molar-refractivity contribution in [2.24, 2.45) is 5.92 Å². The first-order chi connectivity index (χ1) is 17.6. The van der Waals surface area contributed by atoms with Crippen molar-refractivity contribution in [2.75, 3.05) is 33.4 Å². The maximum absolute atomic E-state index is 12.5. The normalized spacial score (nSPS) is 13.2. The SMILES string of the molecule is COc1cc(/C=C/C(=O)N2CC(C(=O)NCCOc3ccccc3)C2)ccc1OCc1ccccc1. The van der Waals surface area contributed by atoms with E-state index in [2.05, 4.69) is 5.32 Å². The number of carbonyl (C=O) groups excluding carboxylic acids is 2. The lowest BCUT2D eigenvalue weighted by Gasteiger charge is -2.37. The van der Waals surface area contributed by atoms with Gasteiger partial charge in [0.05, 0.1) is 19.6 Å².